The predicted octanol–water partition coefficient (Wildman–Crippen LogP) is 0.881. The molecule has 0 fully saturated rings. The van der Waals surface area contributed by atoms with E-state index < -0.39 is 16.0 Å². The number of carbonyl (C=O) groups is 1. The van der Waals surface area contributed by atoms with Gasteiger partial charge >= 0.3 is 0 Å². The third-order valence-corrected chi connectivity index (χ3v) is 4.54. The molecule has 0 bridgehead atoms. The van der Waals surface area contributed by atoms with E-state index in [9.17, 15) is 9.00 Å². The lowest BCUT2D eigenvalue weighted by Crippen LogP contribution is -2.38. The van der Waals surface area contributed by atoms with Gasteiger partial charge in [-0.05, 0) is 31.7 Å². The van der Waals surface area contributed by atoms with Crippen LogP contribution in [0.15, 0.2) is 0 Å². The molecular weight excluding hydrogens is 236 g/mol. The van der Waals surface area contributed by atoms with Crippen LogP contribution in [0.5, 0.6) is 0 Å². The maximum atomic E-state index is 11.8. The molecular formula is C12H26N2O2S. The van der Waals surface area contributed by atoms with Crippen LogP contribution >= 0.6 is 0 Å². The summed E-state index contributed by atoms with van der Waals surface area (Å²) < 4.78 is 11.8. The van der Waals surface area contributed by atoms with Crippen molar-refractivity contribution in [3.8, 4) is 0 Å². The largest absolute Gasteiger partial charge is 0.355 e. The fraction of sp³-hybridized carbons (Fsp3) is 0.917. The first-order valence-corrected chi connectivity index (χ1v) is 7.61. The summed E-state index contributed by atoms with van der Waals surface area (Å²) in [4.78, 5) is 11.7. The van der Waals surface area contributed by atoms with E-state index in [0.717, 1.165) is 6.42 Å². The van der Waals surface area contributed by atoms with Gasteiger partial charge in [0.05, 0.1) is 0 Å². The highest BCUT2D eigenvalue weighted by Gasteiger charge is 2.20. The van der Waals surface area contributed by atoms with Crippen LogP contribution in [0.4, 0.5) is 0 Å². The van der Waals surface area contributed by atoms with Gasteiger partial charge in [-0.15, -0.1) is 0 Å². The maximum absolute atomic E-state index is 11.8. The van der Waals surface area contributed by atoms with Crippen molar-refractivity contribution in [3.05, 3.63) is 0 Å². The van der Waals surface area contributed by atoms with E-state index in [1.54, 1.807) is 6.92 Å². The van der Waals surface area contributed by atoms with Crippen LogP contribution in [-0.2, 0) is 15.6 Å². The number of amides is 1. The van der Waals surface area contributed by atoms with E-state index in [-0.39, 0.29) is 11.8 Å². The molecule has 0 spiro atoms. The Balaban J connectivity index is 3.99. The first-order chi connectivity index (χ1) is 7.88. The minimum Gasteiger partial charge on any atom is -0.355 e. The summed E-state index contributed by atoms with van der Waals surface area (Å²) in [5.41, 5.74) is 5.48. The molecule has 0 rings (SSSR count). The van der Waals surface area contributed by atoms with Crippen molar-refractivity contribution < 1.29 is 9.00 Å². The fourth-order valence-electron chi connectivity index (χ4n) is 1.24. The van der Waals surface area contributed by atoms with Crippen LogP contribution < -0.4 is 11.1 Å². The first-order valence-electron chi connectivity index (χ1n) is 6.23. The first kappa shape index (κ1) is 16.6. The molecule has 3 unspecified atom stereocenters. The summed E-state index contributed by atoms with van der Waals surface area (Å²) in [6, 6.07) is 0. The van der Waals surface area contributed by atoms with Gasteiger partial charge in [0.25, 0.3) is 0 Å². The minimum atomic E-state index is -1.13. The van der Waals surface area contributed by atoms with Crippen molar-refractivity contribution in [3.63, 3.8) is 0 Å². The predicted molar refractivity (Wildman–Crippen MR) is 73.2 cm³/mol. The van der Waals surface area contributed by atoms with E-state index in [2.05, 4.69) is 19.2 Å². The molecule has 0 heterocycles. The van der Waals surface area contributed by atoms with Crippen molar-refractivity contribution >= 4 is 16.7 Å². The molecule has 1 amide bonds. The molecule has 0 aromatic heterocycles. The van der Waals surface area contributed by atoms with Gasteiger partial charge < -0.3 is 11.1 Å². The number of hydrogen-bond donors (Lipinski definition) is 2. The standard InChI is InChI=1S/C12H26N2O2S/c1-9(2)5-6-14-12(15)11(4)17(16)8-10(3)7-13/h9-11H,5-8,13H2,1-4H3,(H,14,15). The number of hydrogen-bond acceptors (Lipinski definition) is 3. The number of carbonyl (C=O) groups excluding carboxylic acids is 1. The van der Waals surface area contributed by atoms with Crippen LogP contribution in [0, 0.1) is 11.8 Å². The second kappa shape index (κ2) is 8.64. The summed E-state index contributed by atoms with van der Waals surface area (Å²) in [5.74, 6) is 1.14. The highest BCUT2D eigenvalue weighted by atomic mass is 32.2. The zero-order chi connectivity index (χ0) is 13.4. The van der Waals surface area contributed by atoms with Crippen molar-refractivity contribution in [2.75, 3.05) is 18.8 Å². The van der Waals surface area contributed by atoms with Gasteiger partial charge in [0.15, 0.2) is 0 Å². The van der Waals surface area contributed by atoms with Crippen LogP contribution in [0.25, 0.3) is 0 Å². The molecule has 0 radical (unpaired) electrons. The Morgan fingerprint density at radius 3 is 2.35 bits per heavy atom. The number of nitrogens with one attached hydrogen (secondary N) is 1. The molecule has 0 aliphatic carbocycles. The maximum Gasteiger partial charge on any atom is 0.235 e. The lowest BCUT2D eigenvalue weighted by atomic mass is 10.1. The zero-order valence-electron chi connectivity index (χ0n) is 11.4. The zero-order valence-corrected chi connectivity index (χ0v) is 12.2. The quantitative estimate of drug-likeness (QED) is 0.682. The van der Waals surface area contributed by atoms with Gasteiger partial charge in [0.2, 0.25) is 5.91 Å². The van der Waals surface area contributed by atoms with Crippen LogP contribution in [0.3, 0.4) is 0 Å². The van der Waals surface area contributed by atoms with Gasteiger partial charge in [-0.3, -0.25) is 9.00 Å². The van der Waals surface area contributed by atoms with Crippen LogP contribution in [-0.4, -0.2) is 34.2 Å². The topological polar surface area (TPSA) is 72.2 Å². The molecule has 0 aliphatic heterocycles. The molecule has 0 aromatic rings. The van der Waals surface area contributed by atoms with Crippen molar-refractivity contribution in [1.82, 2.24) is 5.32 Å². The molecule has 0 saturated carbocycles. The number of nitrogens with two attached hydrogens (primary N) is 1. The molecule has 0 saturated heterocycles. The minimum absolute atomic E-state index is 0.117. The molecule has 3 N–H and O–H groups in total. The van der Waals surface area contributed by atoms with E-state index in [4.69, 9.17) is 5.73 Å². The smallest absolute Gasteiger partial charge is 0.235 e. The van der Waals surface area contributed by atoms with E-state index in [1.165, 1.54) is 0 Å². The van der Waals surface area contributed by atoms with Gasteiger partial charge in [-0.1, -0.05) is 20.8 Å². The summed E-state index contributed by atoms with van der Waals surface area (Å²) in [6.07, 6.45) is 0.949. The second-order valence-corrected chi connectivity index (χ2v) is 6.81. The van der Waals surface area contributed by atoms with Crippen molar-refractivity contribution in [2.45, 2.75) is 39.4 Å². The molecule has 5 heteroatoms. The van der Waals surface area contributed by atoms with Gasteiger partial charge in [0.1, 0.15) is 5.25 Å². The third kappa shape index (κ3) is 7.49. The van der Waals surface area contributed by atoms with Gasteiger partial charge in [-0.2, -0.15) is 0 Å². The Kier molecular flexibility index (Phi) is 8.43. The third-order valence-electron chi connectivity index (χ3n) is 2.64. The molecule has 17 heavy (non-hydrogen) atoms. The van der Waals surface area contributed by atoms with Crippen LogP contribution in [0.2, 0.25) is 0 Å². The Bertz CT molecular complexity index is 257. The summed E-state index contributed by atoms with van der Waals surface area (Å²) in [7, 11) is -1.13. The Hall–Kier alpha value is -0.420. The van der Waals surface area contributed by atoms with Gasteiger partial charge in [0, 0.05) is 23.1 Å². The lowest BCUT2D eigenvalue weighted by Gasteiger charge is -2.15. The highest BCUT2D eigenvalue weighted by Crippen LogP contribution is 2.03. The van der Waals surface area contributed by atoms with Crippen molar-refractivity contribution in [2.24, 2.45) is 17.6 Å². The second-order valence-electron chi connectivity index (χ2n) is 5.00. The van der Waals surface area contributed by atoms with E-state index >= 15 is 0 Å². The monoisotopic (exact) mass is 262 g/mol. The molecule has 4 nitrogen and oxygen atoms in total. The molecule has 0 aliphatic rings. The normalized spacial score (nSPS) is 16.6. The van der Waals surface area contributed by atoms with E-state index in [0.29, 0.717) is 24.8 Å². The molecule has 3 atom stereocenters. The number of rotatable bonds is 8. The Labute approximate surface area is 107 Å². The average molecular weight is 262 g/mol. The lowest BCUT2D eigenvalue weighted by molar-refractivity contribution is -0.120. The van der Waals surface area contributed by atoms with Crippen LogP contribution in [0.1, 0.15) is 34.1 Å². The average Bonchev–Trinajstić information content (AvgIpc) is 2.26. The van der Waals surface area contributed by atoms with Gasteiger partial charge in [-0.25, -0.2) is 0 Å². The summed E-state index contributed by atoms with van der Waals surface area (Å²) in [5, 5.41) is 2.37. The summed E-state index contributed by atoms with van der Waals surface area (Å²) >= 11 is 0. The van der Waals surface area contributed by atoms with Crippen molar-refractivity contribution in [1.29, 1.82) is 0 Å². The molecule has 0 aromatic carbocycles. The summed E-state index contributed by atoms with van der Waals surface area (Å²) in [6.45, 7) is 9.04. The Morgan fingerprint density at radius 1 is 1.29 bits per heavy atom. The van der Waals surface area contributed by atoms with E-state index in [1.807, 2.05) is 6.92 Å². The fourth-order valence-corrected chi connectivity index (χ4v) is 2.55. The molecule has 102 valence electrons. The SMILES string of the molecule is CC(C)CCNC(=O)C(C)S(=O)CC(C)CN. The Morgan fingerprint density at radius 2 is 1.88 bits per heavy atom. The highest BCUT2D eigenvalue weighted by molar-refractivity contribution is 7.86.